The third kappa shape index (κ3) is 3.29. The lowest BCUT2D eigenvalue weighted by atomic mass is 10.1. The van der Waals surface area contributed by atoms with E-state index in [1.165, 1.54) is 28.0 Å². The minimum Gasteiger partial charge on any atom is -0.347 e. The highest BCUT2D eigenvalue weighted by atomic mass is 19.1. The van der Waals surface area contributed by atoms with E-state index >= 15 is 0 Å². The van der Waals surface area contributed by atoms with Crippen molar-refractivity contribution in [3.63, 3.8) is 0 Å². The molecule has 4 nitrogen and oxygen atoms in total. The van der Waals surface area contributed by atoms with E-state index < -0.39 is 0 Å². The van der Waals surface area contributed by atoms with Crippen molar-refractivity contribution in [3.05, 3.63) is 35.1 Å². The first-order chi connectivity index (χ1) is 8.32. The van der Waals surface area contributed by atoms with Crippen LogP contribution in [0.2, 0.25) is 0 Å². The summed E-state index contributed by atoms with van der Waals surface area (Å²) in [5.41, 5.74) is 0.788. The van der Waals surface area contributed by atoms with Crippen LogP contribution in [0.3, 0.4) is 0 Å². The van der Waals surface area contributed by atoms with Gasteiger partial charge in [0.1, 0.15) is 5.82 Å². The Labute approximate surface area is 106 Å². The molecule has 98 valence electrons. The summed E-state index contributed by atoms with van der Waals surface area (Å²) < 4.78 is 13.1. The maximum atomic E-state index is 13.1. The van der Waals surface area contributed by atoms with Crippen molar-refractivity contribution in [1.82, 2.24) is 9.80 Å². The molecule has 1 aromatic rings. The number of benzene rings is 1. The highest BCUT2D eigenvalue weighted by Crippen LogP contribution is 2.11. The summed E-state index contributed by atoms with van der Waals surface area (Å²) >= 11 is 0. The van der Waals surface area contributed by atoms with Crippen LogP contribution in [-0.4, -0.2) is 49.3 Å². The normalized spacial score (nSPS) is 10.1. The Balaban J connectivity index is 2.80. The van der Waals surface area contributed by atoms with Gasteiger partial charge in [0, 0.05) is 26.7 Å². The molecular formula is C13H17FN2O2. The molecule has 0 aliphatic rings. The number of likely N-dealkylation sites (N-methyl/N-ethyl adjacent to an activating group) is 2. The van der Waals surface area contributed by atoms with Gasteiger partial charge >= 0.3 is 0 Å². The van der Waals surface area contributed by atoms with Crippen molar-refractivity contribution in [1.29, 1.82) is 0 Å². The Bertz CT molecular complexity index is 472. The molecule has 18 heavy (non-hydrogen) atoms. The third-order valence-electron chi connectivity index (χ3n) is 2.62. The second kappa shape index (κ2) is 5.62. The third-order valence-corrected chi connectivity index (χ3v) is 2.62. The van der Waals surface area contributed by atoms with E-state index in [0.29, 0.717) is 11.1 Å². The number of nitrogens with zero attached hydrogens (tertiary/aromatic N) is 2. The van der Waals surface area contributed by atoms with E-state index in [1.807, 2.05) is 0 Å². The summed E-state index contributed by atoms with van der Waals surface area (Å²) in [6.07, 6.45) is 0. The molecular weight excluding hydrogens is 235 g/mol. The Kier molecular flexibility index (Phi) is 4.42. The number of carbonyl (C=O) groups excluding carboxylic acids is 2. The van der Waals surface area contributed by atoms with Crippen molar-refractivity contribution >= 4 is 11.8 Å². The van der Waals surface area contributed by atoms with Crippen LogP contribution in [0.15, 0.2) is 18.2 Å². The fourth-order valence-corrected chi connectivity index (χ4v) is 1.41. The molecule has 0 aliphatic heterocycles. The Morgan fingerprint density at radius 1 is 1.22 bits per heavy atom. The molecule has 0 N–H and O–H groups in total. The zero-order chi connectivity index (χ0) is 13.9. The average molecular weight is 252 g/mol. The van der Waals surface area contributed by atoms with Gasteiger partial charge in [0.05, 0.1) is 6.54 Å². The molecule has 1 aromatic carbocycles. The summed E-state index contributed by atoms with van der Waals surface area (Å²) in [5.74, 6) is -0.809. The van der Waals surface area contributed by atoms with E-state index in [0.717, 1.165) is 0 Å². The standard InChI is InChI=1S/C13H17FN2O2/c1-9-7-10(5-6-11(9)14)13(18)16(4)8-12(17)15(2)3/h5-7H,8H2,1-4H3. The predicted octanol–water partition coefficient (Wildman–Crippen LogP) is 1.29. The molecule has 5 heteroatoms. The van der Waals surface area contributed by atoms with Gasteiger partial charge in [-0.1, -0.05) is 0 Å². The van der Waals surface area contributed by atoms with Crippen LogP contribution < -0.4 is 0 Å². The molecule has 0 aromatic heterocycles. The molecule has 1 rings (SSSR count). The Morgan fingerprint density at radius 3 is 2.33 bits per heavy atom. The number of carbonyl (C=O) groups is 2. The monoisotopic (exact) mass is 252 g/mol. The molecule has 0 fully saturated rings. The van der Waals surface area contributed by atoms with Gasteiger partial charge in [0.15, 0.2) is 0 Å². The molecule has 0 atom stereocenters. The SMILES string of the molecule is Cc1cc(C(=O)N(C)CC(=O)N(C)C)ccc1F. The topological polar surface area (TPSA) is 40.6 Å². The first kappa shape index (κ1) is 14.2. The fraction of sp³-hybridized carbons (Fsp3) is 0.385. The van der Waals surface area contributed by atoms with Crippen LogP contribution in [0, 0.1) is 12.7 Å². The van der Waals surface area contributed by atoms with E-state index in [4.69, 9.17) is 0 Å². The summed E-state index contributed by atoms with van der Waals surface area (Å²) in [5, 5.41) is 0. The lowest BCUT2D eigenvalue weighted by Gasteiger charge is -2.19. The van der Waals surface area contributed by atoms with E-state index in [9.17, 15) is 14.0 Å². The smallest absolute Gasteiger partial charge is 0.254 e. The van der Waals surface area contributed by atoms with E-state index in [-0.39, 0.29) is 24.2 Å². The molecule has 0 spiro atoms. The Hall–Kier alpha value is -1.91. The van der Waals surface area contributed by atoms with Gasteiger partial charge in [-0.05, 0) is 30.7 Å². The zero-order valence-corrected chi connectivity index (χ0v) is 11.0. The van der Waals surface area contributed by atoms with Crippen LogP contribution in [0.4, 0.5) is 4.39 Å². The average Bonchev–Trinajstić information content (AvgIpc) is 2.31. The fourth-order valence-electron chi connectivity index (χ4n) is 1.41. The van der Waals surface area contributed by atoms with Crippen LogP contribution in [0.25, 0.3) is 0 Å². The van der Waals surface area contributed by atoms with E-state index in [1.54, 1.807) is 28.1 Å². The number of amides is 2. The van der Waals surface area contributed by atoms with Gasteiger partial charge in [-0.3, -0.25) is 9.59 Å². The van der Waals surface area contributed by atoms with Crippen molar-refractivity contribution in [3.8, 4) is 0 Å². The number of rotatable bonds is 3. The predicted molar refractivity (Wildman–Crippen MR) is 66.8 cm³/mol. The van der Waals surface area contributed by atoms with Gasteiger partial charge in [-0.15, -0.1) is 0 Å². The number of halogens is 1. The van der Waals surface area contributed by atoms with Crippen LogP contribution in [-0.2, 0) is 4.79 Å². The number of hydrogen-bond acceptors (Lipinski definition) is 2. The first-order valence-electron chi connectivity index (χ1n) is 5.54. The van der Waals surface area contributed by atoms with Crippen molar-refractivity contribution < 1.29 is 14.0 Å². The molecule has 2 amide bonds. The second-order valence-electron chi connectivity index (χ2n) is 4.41. The maximum absolute atomic E-state index is 13.1. The largest absolute Gasteiger partial charge is 0.347 e. The summed E-state index contributed by atoms with van der Waals surface area (Å²) in [7, 11) is 4.80. The Morgan fingerprint density at radius 2 is 1.83 bits per heavy atom. The number of hydrogen-bond donors (Lipinski definition) is 0. The quantitative estimate of drug-likeness (QED) is 0.813. The van der Waals surface area contributed by atoms with Crippen molar-refractivity contribution in [2.75, 3.05) is 27.7 Å². The van der Waals surface area contributed by atoms with Gasteiger partial charge in [0.25, 0.3) is 5.91 Å². The minimum absolute atomic E-state index is 0.00224. The number of aryl methyl sites for hydroxylation is 1. The summed E-state index contributed by atoms with van der Waals surface area (Å²) in [4.78, 5) is 26.2. The lowest BCUT2D eigenvalue weighted by Crippen LogP contribution is -2.37. The lowest BCUT2D eigenvalue weighted by molar-refractivity contribution is -0.129. The van der Waals surface area contributed by atoms with Gasteiger partial charge in [0.2, 0.25) is 5.91 Å². The van der Waals surface area contributed by atoms with Crippen LogP contribution in [0.5, 0.6) is 0 Å². The second-order valence-corrected chi connectivity index (χ2v) is 4.41. The summed E-state index contributed by atoms with van der Waals surface area (Å²) in [6.45, 7) is 1.60. The highest BCUT2D eigenvalue weighted by molar-refractivity contribution is 5.96. The van der Waals surface area contributed by atoms with Gasteiger partial charge in [-0.25, -0.2) is 4.39 Å². The van der Waals surface area contributed by atoms with Crippen molar-refractivity contribution in [2.24, 2.45) is 0 Å². The molecule has 0 bridgehead atoms. The van der Waals surface area contributed by atoms with Gasteiger partial charge < -0.3 is 9.80 Å². The van der Waals surface area contributed by atoms with Crippen LogP contribution in [0.1, 0.15) is 15.9 Å². The molecule has 0 unspecified atom stereocenters. The highest BCUT2D eigenvalue weighted by Gasteiger charge is 2.16. The molecule has 0 aliphatic carbocycles. The maximum Gasteiger partial charge on any atom is 0.254 e. The van der Waals surface area contributed by atoms with Gasteiger partial charge in [-0.2, -0.15) is 0 Å². The zero-order valence-electron chi connectivity index (χ0n) is 11.0. The summed E-state index contributed by atoms with van der Waals surface area (Å²) in [6, 6.07) is 4.15. The molecule has 0 heterocycles. The van der Waals surface area contributed by atoms with Crippen LogP contribution >= 0.6 is 0 Å². The first-order valence-corrected chi connectivity index (χ1v) is 5.54. The van der Waals surface area contributed by atoms with E-state index in [2.05, 4.69) is 0 Å². The van der Waals surface area contributed by atoms with Crippen molar-refractivity contribution in [2.45, 2.75) is 6.92 Å². The molecule has 0 radical (unpaired) electrons. The molecule has 0 saturated heterocycles. The molecule has 0 saturated carbocycles. The minimum atomic E-state index is -0.349.